The fourth-order valence-electron chi connectivity index (χ4n) is 3.70. The molecule has 0 amide bonds. The molecule has 2 aliphatic rings. The third-order valence-corrected chi connectivity index (χ3v) is 10.7. The minimum Gasteiger partial charge on any atom is -0.748 e. The molecule has 4 rings (SSSR count). The molecule has 3 unspecified atom stereocenters. The molecule has 0 bridgehead atoms. The fraction of sp³-hybridized carbons (Fsp3) is 0.333. The standard InChI is InChI=1S/C21H22Cl2N2O6S4/c1-12(34(26,27)28)10-24-16-7-14(22)3-5-18(16)32-20(24)9-21-25(11-13(2)35(29,30)31)17-8-15(23)4-6-19(17)33-21/h3-9,12-13,20H,10-11H2,1-2H3,(H,26,27,28)(H,29,30,31)/p-2/b21-9-. The smallest absolute Gasteiger partial charge is 0.101 e. The Morgan fingerprint density at radius 2 is 1.46 bits per heavy atom. The molecule has 14 heteroatoms. The van der Waals surface area contributed by atoms with E-state index in [4.69, 9.17) is 23.2 Å². The number of hydrogen-bond donors (Lipinski definition) is 0. The molecule has 0 saturated heterocycles. The van der Waals surface area contributed by atoms with Crippen molar-refractivity contribution >= 4 is 78.3 Å². The molecule has 0 saturated carbocycles. The summed E-state index contributed by atoms with van der Waals surface area (Å²) in [5.74, 6) is 0. The van der Waals surface area contributed by atoms with Gasteiger partial charge in [-0.2, -0.15) is 0 Å². The molecular formula is C21H20Cl2N2O6S4-2. The van der Waals surface area contributed by atoms with Gasteiger partial charge in [-0.1, -0.05) is 46.7 Å². The maximum Gasteiger partial charge on any atom is 0.101 e. The maximum absolute atomic E-state index is 11.7. The highest BCUT2D eigenvalue weighted by Gasteiger charge is 2.35. The Labute approximate surface area is 223 Å². The number of rotatable bonds is 7. The van der Waals surface area contributed by atoms with Crippen molar-refractivity contribution in [1.82, 2.24) is 0 Å². The number of anilines is 2. The van der Waals surface area contributed by atoms with Crippen LogP contribution in [0, 0.1) is 0 Å². The van der Waals surface area contributed by atoms with Gasteiger partial charge in [-0.15, -0.1) is 0 Å². The highest BCUT2D eigenvalue weighted by molar-refractivity contribution is 8.04. The second-order valence-corrected chi connectivity index (χ2v) is 14.9. The lowest BCUT2D eigenvalue weighted by molar-refractivity contribution is 0.449. The van der Waals surface area contributed by atoms with E-state index in [1.165, 1.54) is 37.4 Å². The molecule has 0 aliphatic carbocycles. The van der Waals surface area contributed by atoms with Gasteiger partial charge in [0.1, 0.15) is 5.37 Å². The maximum atomic E-state index is 11.7. The molecule has 0 N–H and O–H groups in total. The summed E-state index contributed by atoms with van der Waals surface area (Å²) >= 11 is 15.2. The molecule has 0 spiro atoms. The SMILES string of the molecule is CC(CN1/C(=C/C2Sc3ccc(Cl)cc3N2CC(C)S(=O)(=O)[O-])Sc2ccc(Cl)cc21)S(=O)(=O)[O-]. The molecular weight excluding hydrogens is 575 g/mol. The molecule has 35 heavy (non-hydrogen) atoms. The van der Waals surface area contributed by atoms with Crippen LogP contribution in [0.3, 0.4) is 0 Å². The Hall–Kier alpha value is -1.12. The molecule has 0 radical (unpaired) electrons. The van der Waals surface area contributed by atoms with Gasteiger partial charge in [0.2, 0.25) is 0 Å². The number of halogens is 2. The van der Waals surface area contributed by atoms with Crippen molar-refractivity contribution in [2.24, 2.45) is 0 Å². The van der Waals surface area contributed by atoms with Crippen molar-refractivity contribution in [3.63, 3.8) is 0 Å². The predicted molar refractivity (Wildman–Crippen MR) is 139 cm³/mol. The largest absolute Gasteiger partial charge is 0.748 e. The first-order valence-electron chi connectivity index (χ1n) is 10.3. The van der Waals surface area contributed by atoms with E-state index in [-0.39, 0.29) is 13.1 Å². The van der Waals surface area contributed by atoms with Gasteiger partial charge in [0.25, 0.3) is 0 Å². The van der Waals surface area contributed by atoms with Crippen LogP contribution >= 0.6 is 46.7 Å². The Balaban J connectivity index is 1.74. The average molecular weight is 596 g/mol. The zero-order valence-electron chi connectivity index (χ0n) is 18.4. The summed E-state index contributed by atoms with van der Waals surface area (Å²) in [6.07, 6.45) is 1.87. The molecule has 3 atom stereocenters. The van der Waals surface area contributed by atoms with E-state index in [0.717, 1.165) is 9.79 Å². The number of fused-ring (bicyclic) bond motifs is 2. The van der Waals surface area contributed by atoms with Crippen LogP contribution in [0.2, 0.25) is 10.0 Å². The summed E-state index contributed by atoms with van der Waals surface area (Å²) in [5.41, 5.74) is 1.38. The summed E-state index contributed by atoms with van der Waals surface area (Å²) in [4.78, 5) is 5.22. The molecule has 2 heterocycles. The van der Waals surface area contributed by atoms with Crippen molar-refractivity contribution in [2.45, 2.75) is 39.5 Å². The number of hydrogen-bond acceptors (Lipinski definition) is 10. The molecule has 0 aromatic heterocycles. The van der Waals surface area contributed by atoms with Gasteiger partial charge in [-0.3, -0.25) is 0 Å². The van der Waals surface area contributed by atoms with Gasteiger partial charge in [0, 0.05) is 32.9 Å². The Kier molecular flexibility index (Phi) is 7.67. The van der Waals surface area contributed by atoms with E-state index in [1.54, 1.807) is 34.1 Å². The molecule has 2 aliphatic heterocycles. The summed E-state index contributed by atoms with van der Waals surface area (Å²) in [5, 5.41) is -1.19. The average Bonchev–Trinajstić information content (AvgIpc) is 3.24. The summed E-state index contributed by atoms with van der Waals surface area (Å²) < 4.78 is 69.9. The van der Waals surface area contributed by atoms with Crippen LogP contribution in [0.4, 0.5) is 11.4 Å². The van der Waals surface area contributed by atoms with Gasteiger partial charge in [0.05, 0.1) is 47.1 Å². The first-order chi connectivity index (χ1) is 16.2. The monoisotopic (exact) mass is 594 g/mol. The lowest BCUT2D eigenvalue weighted by Gasteiger charge is -2.30. The number of benzene rings is 2. The minimum atomic E-state index is -4.54. The van der Waals surface area contributed by atoms with E-state index >= 15 is 0 Å². The van der Waals surface area contributed by atoms with E-state index in [9.17, 15) is 25.9 Å². The van der Waals surface area contributed by atoms with Crippen molar-refractivity contribution < 1.29 is 25.9 Å². The zero-order chi connectivity index (χ0) is 25.7. The van der Waals surface area contributed by atoms with Gasteiger partial charge in [0.15, 0.2) is 0 Å². The molecule has 0 fully saturated rings. The van der Waals surface area contributed by atoms with Gasteiger partial charge in [-0.25, -0.2) is 16.8 Å². The third kappa shape index (κ3) is 5.90. The topological polar surface area (TPSA) is 121 Å². The molecule has 190 valence electrons. The highest BCUT2D eigenvalue weighted by atomic mass is 35.5. The van der Waals surface area contributed by atoms with Crippen molar-refractivity contribution in [2.75, 3.05) is 22.9 Å². The van der Waals surface area contributed by atoms with Gasteiger partial charge in [-0.05, 0) is 56.3 Å². The van der Waals surface area contributed by atoms with E-state index < -0.39 is 36.1 Å². The molecule has 2 aromatic rings. The number of thioether (sulfide) groups is 2. The molecule has 2 aromatic carbocycles. The van der Waals surface area contributed by atoms with Gasteiger partial charge < -0.3 is 18.9 Å². The van der Waals surface area contributed by atoms with Crippen LogP contribution in [-0.4, -0.2) is 54.9 Å². The summed E-state index contributed by atoms with van der Waals surface area (Å²) in [6, 6.07) is 10.5. The Morgan fingerprint density at radius 3 is 2.06 bits per heavy atom. The van der Waals surface area contributed by atoms with Crippen LogP contribution in [0.25, 0.3) is 0 Å². The van der Waals surface area contributed by atoms with E-state index in [1.807, 2.05) is 18.2 Å². The fourth-order valence-corrected chi connectivity index (χ4v) is 7.13. The highest BCUT2D eigenvalue weighted by Crippen LogP contribution is 2.50. The quantitative estimate of drug-likeness (QED) is 0.422. The van der Waals surface area contributed by atoms with Crippen molar-refractivity contribution in [3.8, 4) is 0 Å². The first-order valence-corrected chi connectivity index (χ1v) is 15.7. The van der Waals surface area contributed by atoms with Crippen LogP contribution in [-0.2, 0) is 20.2 Å². The Morgan fingerprint density at radius 1 is 0.914 bits per heavy atom. The lowest BCUT2D eigenvalue weighted by Crippen LogP contribution is -2.38. The normalized spacial score (nSPS) is 20.7. The lowest BCUT2D eigenvalue weighted by atomic mass is 10.2. The predicted octanol–water partition coefficient (Wildman–Crippen LogP) is 4.55. The first kappa shape index (κ1) is 26.9. The summed E-state index contributed by atoms with van der Waals surface area (Å²) in [7, 11) is -9.07. The van der Waals surface area contributed by atoms with Crippen molar-refractivity contribution in [3.05, 3.63) is 57.5 Å². The van der Waals surface area contributed by atoms with E-state index in [0.29, 0.717) is 26.4 Å². The minimum absolute atomic E-state index is 0.0601. The second kappa shape index (κ2) is 9.97. The summed E-state index contributed by atoms with van der Waals surface area (Å²) in [6.45, 7) is 2.56. The second-order valence-electron chi connectivity index (χ2n) is 8.21. The van der Waals surface area contributed by atoms with Crippen molar-refractivity contribution in [1.29, 1.82) is 0 Å². The van der Waals surface area contributed by atoms with Crippen LogP contribution in [0.15, 0.2) is 57.3 Å². The van der Waals surface area contributed by atoms with Crippen LogP contribution < -0.4 is 9.80 Å². The third-order valence-electron chi connectivity index (χ3n) is 5.64. The van der Waals surface area contributed by atoms with Gasteiger partial charge >= 0.3 is 0 Å². The van der Waals surface area contributed by atoms with Crippen LogP contribution in [0.5, 0.6) is 0 Å². The number of nitrogens with zero attached hydrogens (tertiary/aromatic N) is 2. The van der Waals surface area contributed by atoms with E-state index in [2.05, 4.69) is 0 Å². The van der Waals surface area contributed by atoms with Crippen LogP contribution in [0.1, 0.15) is 13.8 Å². The molecule has 8 nitrogen and oxygen atoms in total. The zero-order valence-corrected chi connectivity index (χ0v) is 23.2. The Bertz CT molecular complexity index is 1400.